The SMILES string of the molecule is C/C=C/CC/C=C/CC/C=C/C(O)C(COC1OC(CO)C(O)C(O)C1O)NC(=O)CCCCCCCCCCCCCCCCCCCCCCCCCCCCCCCCCC. The molecule has 9 nitrogen and oxygen atoms in total. The molecule has 64 heavy (non-hydrogen) atoms. The van der Waals surface area contributed by atoms with Gasteiger partial charge in [0.2, 0.25) is 5.91 Å². The van der Waals surface area contributed by atoms with Crippen LogP contribution in [-0.4, -0.2) is 87.5 Å². The van der Waals surface area contributed by atoms with Crippen LogP contribution in [0.25, 0.3) is 0 Å². The summed E-state index contributed by atoms with van der Waals surface area (Å²) in [5.74, 6) is -0.190. The molecule has 0 spiro atoms. The van der Waals surface area contributed by atoms with Crippen LogP contribution in [0.2, 0.25) is 0 Å². The molecule has 7 unspecified atom stereocenters. The predicted molar refractivity (Wildman–Crippen MR) is 267 cm³/mol. The lowest BCUT2D eigenvalue weighted by atomic mass is 9.99. The summed E-state index contributed by atoms with van der Waals surface area (Å²) in [5.41, 5.74) is 0. The second-order valence-electron chi connectivity index (χ2n) is 19.0. The van der Waals surface area contributed by atoms with Gasteiger partial charge < -0.3 is 40.3 Å². The number of carbonyl (C=O) groups is 1. The molecular weight excluding hydrogens is 803 g/mol. The van der Waals surface area contributed by atoms with Gasteiger partial charge >= 0.3 is 0 Å². The van der Waals surface area contributed by atoms with Gasteiger partial charge in [0.15, 0.2) is 6.29 Å². The Kier molecular flexibility index (Phi) is 42.7. The number of aliphatic hydroxyl groups is 5. The summed E-state index contributed by atoms with van der Waals surface area (Å²) in [6.07, 6.45) is 51.3. The molecule has 0 aromatic carbocycles. The third-order valence-corrected chi connectivity index (χ3v) is 13.0. The fraction of sp³-hybridized carbons (Fsp3) is 0.873. The van der Waals surface area contributed by atoms with Gasteiger partial charge in [-0.25, -0.2) is 0 Å². The van der Waals surface area contributed by atoms with E-state index in [4.69, 9.17) is 9.47 Å². The zero-order valence-electron chi connectivity index (χ0n) is 41.5. The fourth-order valence-corrected chi connectivity index (χ4v) is 8.73. The van der Waals surface area contributed by atoms with Crippen LogP contribution in [-0.2, 0) is 14.3 Å². The van der Waals surface area contributed by atoms with E-state index in [1.54, 1.807) is 6.08 Å². The summed E-state index contributed by atoms with van der Waals surface area (Å²) in [7, 11) is 0. The van der Waals surface area contributed by atoms with Crippen LogP contribution in [0.15, 0.2) is 36.5 Å². The first-order valence-electron chi connectivity index (χ1n) is 27.2. The average Bonchev–Trinajstić information content (AvgIpc) is 3.29. The lowest BCUT2D eigenvalue weighted by Crippen LogP contribution is -2.60. The molecule has 1 amide bonds. The van der Waals surface area contributed by atoms with Gasteiger partial charge in [-0.05, 0) is 39.0 Å². The average molecular weight is 906 g/mol. The zero-order chi connectivity index (χ0) is 46.6. The van der Waals surface area contributed by atoms with Crippen molar-refractivity contribution in [2.75, 3.05) is 13.2 Å². The van der Waals surface area contributed by atoms with E-state index in [2.05, 4.69) is 30.5 Å². The van der Waals surface area contributed by atoms with Crippen molar-refractivity contribution in [3.05, 3.63) is 36.5 Å². The van der Waals surface area contributed by atoms with Crippen molar-refractivity contribution < 1.29 is 39.8 Å². The Labute approximate surface area is 393 Å². The number of nitrogens with one attached hydrogen (secondary N) is 1. The number of hydrogen-bond acceptors (Lipinski definition) is 8. The molecule has 6 N–H and O–H groups in total. The number of rotatable bonds is 46. The number of carbonyl (C=O) groups excluding carboxylic acids is 1. The van der Waals surface area contributed by atoms with E-state index in [9.17, 15) is 30.3 Å². The number of hydrogen-bond donors (Lipinski definition) is 6. The van der Waals surface area contributed by atoms with Gasteiger partial charge in [-0.2, -0.15) is 0 Å². The van der Waals surface area contributed by atoms with Crippen molar-refractivity contribution in [3.63, 3.8) is 0 Å². The summed E-state index contributed by atoms with van der Waals surface area (Å²) in [5, 5.41) is 54.1. The number of aliphatic hydroxyl groups excluding tert-OH is 5. The number of unbranched alkanes of at least 4 members (excludes halogenated alkanes) is 33. The third kappa shape index (κ3) is 34.7. The normalized spacial score (nSPS) is 20.3. The van der Waals surface area contributed by atoms with Crippen LogP contribution < -0.4 is 5.32 Å². The van der Waals surface area contributed by atoms with Gasteiger partial charge in [-0.1, -0.05) is 242 Å². The highest BCUT2D eigenvalue weighted by Crippen LogP contribution is 2.23. The van der Waals surface area contributed by atoms with Gasteiger partial charge in [0, 0.05) is 6.42 Å². The number of allylic oxidation sites excluding steroid dienone is 5. The summed E-state index contributed by atoms with van der Waals surface area (Å²) >= 11 is 0. The monoisotopic (exact) mass is 906 g/mol. The molecule has 1 heterocycles. The van der Waals surface area contributed by atoms with Crippen LogP contribution in [0, 0.1) is 0 Å². The van der Waals surface area contributed by atoms with E-state index in [1.807, 2.05) is 19.1 Å². The van der Waals surface area contributed by atoms with E-state index in [0.717, 1.165) is 44.9 Å². The van der Waals surface area contributed by atoms with E-state index >= 15 is 0 Å². The molecule has 1 aliphatic rings. The summed E-state index contributed by atoms with van der Waals surface area (Å²) in [4.78, 5) is 13.0. The molecule has 0 bridgehead atoms. The lowest BCUT2D eigenvalue weighted by molar-refractivity contribution is -0.302. The van der Waals surface area contributed by atoms with Gasteiger partial charge in [-0.3, -0.25) is 4.79 Å². The molecule has 0 saturated carbocycles. The molecule has 376 valence electrons. The molecule has 0 aromatic rings. The molecule has 1 aliphatic heterocycles. The van der Waals surface area contributed by atoms with Crippen molar-refractivity contribution in [3.8, 4) is 0 Å². The Morgan fingerprint density at radius 2 is 0.922 bits per heavy atom. The van der Waals surface area contributed by atoms with E-state index in [-0.39, 0.29) is 12.5 Å². The Morgan fingerprint density at radius 1 is 0.547 bits per heavy atom. The Hall–Kier alpha value is -1.59. The zero-order valence-corrected chi connectivity index (χ0v) is 41.5. The maximum Gasteiger partial charge on any atom is 0.220 e. The summed E-state index contributed by atoms with van der Waals surface area (Å²) in [6.45, 7) is 3.53. The van der Waals surface area contributed by atoms with Crippen LogP contribution in [0.1, 0.15) is 251 Å². The predicted octanol–water partition coefficient (Wildman–Crippen LogP) is 12.8. The smallest absolute Gasteiger partial charge is 0.220 e. The number of amides is 1. The van der Waals surface area contributed by atoms with Crippen LogP contribution >= 0.6 is 0 Å². The molecule has 9 heteroatoms. The summed E-state index contributed by atoms with van der Waals surface area (Å²) in [6, 6.07) is -0.823. The maximum absolute atomic E-state index is 13.0. The minimum Gasteiger partial charge on any atom is -0.394 e. The molecule has 1 fully saturated rings. The highest BCUT2D eigenvalue weighted by atomic mass is 16.7. The second kappa shape index (κ2) is 45.2. The van der Waals surface area contributed by atoms with Gasteiger partial charge in [0.1, 0.15) is 24.4 Å². The van der Waals surface area contributed by atoms with Crippen molar-refractivity contribution in [2.45, 2.75) is 294 Å². The fourth-order valence-electron chi connectivity index (χ4n) is 8.73. The Bertz CT molecular complexity index is 1100. The lowest BCUT2D eigenvalue weighted by Gasteiger charge is -2.40. The number of ether oxygens (including phenoxy) is 2. The molecule has 0 radical (unpaired) electrons. The van der Waals surface area contributed by atoms with Gasteiger partial charge in [0.25, 0.3) is 0 Å². The van der Waals surface area contributed by atoms with E-state index in [1.165, 1.54) is 186 Å². The highest BCUT2D eigenvalue weighted by molar-refractivity contribution is 5.76. The molecule has 7 atom stereocenters. The molecular formula is C55H103NO8. The van der Waals surface area contributed by atoms with Crippen LogP contribution in [0.5, 0.6) is 0 Å². The highest BCUT2D eigenvalue weighted by Gasteiger charge is 2.44. The van der Waals surface area contributed by atoms with E-state index < -0.39 is 49.5 Å². The topological polar surface area (TPSA) is 149 Å². The Balaban J connectivity index is 2.06. The second-order valence-corrected chi connectivity index (χ2v) is 19.0. The van der Waals surface area contributed by atoms with Crippen molar-refractivity contribution in [2.24, 2.45) is 0 Å². The first-order chi connectivity index (χ1) is 31.3. The van der Waals surface area contributed by atoms with Gasteiger partial charge in [0.05, 0.1) is 25.4 Å². The first kappa shape index (κ1) is 60.4. The standard InChI is InChI=1S/C55H103NO8/c1-3-5-7-9-11-13-14-15-16-17-18-19-20-21-22-23-24-25-26-27-28-29-30-31-32-33-34-35-37-39-41-43-45-51(59)56-48(49(58)44-42-40-38-36-12-10-8-6-4-2)47-63-55-54(62)53(61)52(60)50(46-57)64-55/h4,6,12,36,42,44,48-50,52-55,57-58,60-62H,3,5,7-11,13-35,37-41,43,45-47H2,1-2H3,(H,56,59)/b6-4+,36-12+,44-42+. The first-order valence-corrected chi connectivity index (χ1v) is 27.2. The van der Waals surface area contributed by atoms with E-state index in [0.29, 0.717) is 6.42 Å². The minimum absolute atomic E-state index is 0.190. The van der Waals surface area contributed by atoms with Crippen molar-refractivity contribution >= 4 is 5.91 Å². The molecule has 1 saturated heterocycles. The van der Waals surface area contributed by atoms with Gasteiger partial charge in [-0.15, -0.1) is 0 Å². The largest absolute Gasteiger partial charge is 0.394 e. The van der Waals surface area contributed by atoms with Crippen molar-refractivity contribution in [1.29, 1.82) is 0 Å². The van der Waals surface area contributed by atoms with Crippen LogP contribution in [0.4, 0.5) is 0 Å². The summed E-state index contributed by atoms with van der Waals surface area (Å²) < 4.78 is 11.2. The Morgan fingerprint density at radius 3 is 1.31 bits per heavy atom. The molecule has 0 aliphatic carbocycles. The van der Waals surface area contributed by atoms with Crippen molar-refractivity contribution in [1.82, 2.24) is 5.32 Å². The maximum atomic E-state index is 13.0. The molecule has 1 rings (SSSR count). The molecule has 0 aromatic heterocycles. The van der Waals surface area contributed by atoms with Crippen LogP contribution in [0.3, 0.4) is 0 Å². The minimum atomic E-state index is -1.57. The third-order valence-electron chi connectivity index (χ3n) is 13.0. The quantitative estimate of drug-likeness (QED) is 0.0261.